The van der Waals surface area contributed by atoms with Gasteiger partial charge in [-0.2, -0.15) is 5.26 Å². The number of hydrogen-bond donors (Lipinski definition) is 0. The number of hydrogen-bond acceptors (Lipinski definition) is 2. The molecule has 0 aromatic heterocycles. The van der Waals surface area contributed by atoms with Crippen LogP contribution in [0.5, 0.6) is 0 Å². The number of rotatable bonds is 3. The summed E-state index contributed by atoms with van der Waals surface area (Å²) in [6.07, 6.45) is 1.58. The highest BCUT2D eigenvalue weighted by Crippen LogP contribution is 2.00. The lowest BCUT2D eigenvalue weighted by atomic mass is 10.4. The van der Waals surface area contributed by atoms with Crippen LogP contribution in [0.2, 0.25) is 0 Å². The maximum absolute atomic E-state index is 8.32. The molecule has 56 valence electrons. The highest BCUT2D eigenvalue weighted by atomic mass is 15.1. The van der Waals surface area contributed by atoms with Crippen LogP contribution in [0.15, 0.2) is 11.8 Å². The molecule has 0 atom stereocenters. The minimum Gasteiger partial charge on any atom is -0.375 e. The molecule has 2 nitrogen and oxygen atoms in total. The molecule has 2 heteroatoms. The van der Waals surface area contributed by atoms with Crippen molar-refractivity contribution < 1.29 is 0 Å². The van der Waals surface area contributed by atoms with Gasteiger partial charge >= 0.3 is 0 Å². The van der Waals surface area contributed by atoms with E-state index < -0.39 is 0 Å². The number of allylic oxidation sites excluding steroid dienone is 2. The largest absolute Gasteiger partial charge is 0.375 e. The molecule has 0 unspecified atom stereocenters. The Balaban J connectivity index is 4.04. The minimum atomic E-state index is 0.973. The summed E-state index contributed by atoms with van der Waals surface area (Å²) < 4.78 is 0. The van der Waals surface area contributed by atoms with Crippen LogP contribution < -0.4 is 0 Å². The average molecular weight is 138 g/mol. The van der Waals surface area contributed by atoms with Gasteiger partial charge in [0.25, 0.3) is 0 Å². The third-order valence-corrected chi connectivity index (χ3v) is 1.54. The van der Waals surface area contributed by atoms with E-state index in [0.717, 1.165) is 18.8 Å². The summed E-state index contributed by atoms with van der Waals surface area (Å²) in [7, 11) is 0. The molecule has 0 saturated carbocycles. The molecule has 0 aromatic carbocycles. The van der Waals surface area contributed by atoms with Gasteiger partial charge in [-0.15, -0.1) is 0 Å². The van der Waals surface area contributed by atoms with Crippen molar-refractivity contribution in [2.45, 2.75) is 20.8 Å². The Bertz CT molecular complexity index is 149. The first-order valence-corrected chi connectivity index (χ1v) is 3.57. The van der Waals surface area contributed by atoms with Gasteiger partial charge in [-0.1, -0.05) is 0 Å². The molecular formula is C8H14N2. The molecule has 0 amide bonds. The van der Waals surface area contributed by atoms with Crippen LogP contribution in [-0.2, 0) is 0 Å². The zero-order chi connectivity index (χ0) is 7.98. The van der Waals surface area contributed by atoms with Crippen LogP contribution in [-0.4, -0.2) is 18.0 Å². The molecule has 0 bridgehead atoms. The fourth-order valence-electron chi connectivity index (χ4n) is 0.907. The SMILES string of the molecule is CCN(CC)C(C)=CC#N. The fourth-order valence-corrected chi connectivity index (χ4v) is 0.907. The predicted molar refractivity (Wildman–Crippen MR) is 42.3 cm³/mol. The lowest BCUT2D eigenvalue weighted by Crippen LogP contribution is -2.20. The van der Waals surface area contributed by atoms with Gasteiger partial charge < -0.3 is 4.90 Å². The maximum atomic E-state index is 8.32. The van der Waals surface area contributed by atoms with E-state index in [1.54, 1.807) is 6.08 Å². The molecule has 0 radical (unpaired) electrons. The van der Waals surface area contributed by atoms with Gasteiger partial charge in [-0.3, -0.25) is 0 Å². The lowest BCUT2D eigenvalue weighted by Gasteiger charge is -2.20. The first-order valence-electron chi connectivity index (χ1n) is 3.57. The third-order valence-electron chi connectivity index (χ3n) is 1.54. The fraction of sp³-hybridized carbons (Fsp3) is 0.625. The molecule has 0 spiro atoms. The van der Waals surface area contributed by atoms with Gasteiger partial charge in [0.1, 0.15) is 0 Å². The Hall–Kier alpha value is -0.970. The van der Waals surface area contributed by atoms with Gasteiger partial charge in [-0.05, 0) is 20.8 Å². The van der Waals surface area contributed by atoms with Crippen molar-refractivity contribution in [1.29, 1.82) is 5.26 Å². The van der Waals surface area contributed by atoms with Crippen LogP contribution in [0.1, 0.15) is 20.8 Å². The van der Waals surface area contributed by atoms with Crippen molar-refractivity contribution in [3.63, 3.8) is 0 Å². The van der Waals surface area contributed by atoms with Crippen LogP contribution in [0, 0.1) is 11.3 Å². The Morgan fingerprint density at radius 3 is 2.30 bits per heavy atom. The Labute approximate surface area is 62.8 Å². The highest BCUT2D eigenvalue weighted by Gasteiger charge is 1.96. The van der Waals surface area contributed by atoms with Crippen LogP contribution >= 0.6 is 0 Å². The van der Waals surface area contributed by atoms with Crippen LogP contribution in [0.25, 0.3) is 0 Å². The van der Waals surface area contributed by atoms with Crippen molar-refractivity contribution in [1.82, 2.24) is 4.90 Å². The van der Waals surface area contributed by atoms with E-state index in [9.17, 15) is 0 Å². The van der Waals surface area contributed by atoms with Gasteiger partial charge in [0.05, 0.1) is 6.07 Å². The quantitative estimate of drug-likeness (QED) is 0.555. The van der Waals surface area contributed by atoms with Crippen LogP contribution in [0.3, 0.4) is 0 Å². The van der Waals surface area contributed by atoms with Gasteiger partial charge in [0.15, 0.2) is 0 Å². The van der Waals surface area contributed by atoms with E-state index in [2.05, 4.69) is 18.7 Å². The van der Waals surface area contributed by atoms with E-state index in [4.69, 9.17) is 5.26 Å². The second kappa shape index (κ2) is 4.87. The molecule has 0 aliphatic carbocycles. The Morgan fingerprint density at radius 2 is 2.00 bits per heavy atom. The van der Waals surface area contributed by atoms with E-state index in [1.165, 1.54) is 0 Å². The standard InChI is InChI=1S/C8H14N2/c1-4-10(5-2)8(3)6-7-9/h6H,4-5H2,1-3H3. The minimum absolute atomic E-state index is 0.973. The second-order valence-electron chi connectivity index (χ2n) is 2.09. The zero-order valence-corrected chi connectivity index (χ0v) is 6.89. The molecule has 0 heterocycles. The Morgan fingerprint density at radius 1 is 1.50 bits per heavy atom. The van der Waals surface area contributed by atoms with E-state index in [0.29, 0.717) is 0 Å². The summed E-state index contributed by atoms with van der Waals surface area (Å²) in [6.45, 7) is 8.06. The highest BCUT2D eigenvalue weighted by molar-refractivity contribution is 5.09. The second-order valence-corrected chi connectivity index (χ2v) is 2.09. The average Bonchev–Trinajstić information content (AvgIpc) is 1.91. The molecule has 10 heavy (non-hydrogen) atoms. The third kappa shape index (κ3) is 2.54. The summed E-state index contributed by atoms with van der Waals surface area (Å²) in [5.41, 5.74) is 1.05. The predicted octanol–water partition coefficient (Wildman–Crippen LogP) is 1.76. The van der Waals surface area contributed by atoms with E-state index in [1.807, 2.05) is 13.0 Å². The molecule has 0 saturated heterocycles. The summed E-state index contributed by atoms with van der Waals surface area (Å²) in [5.74, 6) is 0. The molecule has 0 aromatic rings. The topological polar surface area (TPSA) is 27.0 Å². The summed E-state index contributed by atoms with van der Waals surface area (Å²) in [6, 6.07) is 2.01. The van der Waals surface area contributed by atoms with Crippen molar-refractivity contribution >= 4 is 0 Å². The maximum Gasteiger partial charge on any atom is 0.0930 e. The molecule has 0 N–H and O–H groups in total. The molecular weight excluding hydrogens is 124 g/mol. The first-order chi connectivity index (χ1) is 4.76. The molecule has 0 fully saturated rings. The van der Waals surface area contributed by atoms with Crippen molar-refractivity contribution in [3.8, 4) is 6.07 Å². The van der Waals surface area contributed by atoms with Crippen molar-refractivity contribution in [3.05, 3.63) is 11.8 Å². The lowest BCUT2D eigenvalue weighted by molar-refractivity contribution is 0.384. The van der Waals surface area contributed by atoms with E-state index >= 15 is 0 Å². The summed E-state index contributed by atoms with van der Waals surface area (Å²) in [5, 5.41) is 8.32. The molecule has 0 rings (SSSR count). The van der Waals surface area contributed by atoms with Gasteiger partial charge in [0.2, 0.25) is 0 Å². The van der Waals surface area contributed by atoms with E-state index in [-0.39, 0.29) is 0 Å². The van der Waals surface area contributed by atoms with Crippen molar-refractivity contribution in [2.24, 2.45) is 0 Å². The first kappa shape index (κ1) is 9.03. The number of nitriles is 1. The molecule has 0 aliphatic heterocycles. The number of nitrogens with zero attached hydrogens (tertiary/aromatic N) is 2. The molecule has 0 aliphatic rings. The monoisotopic (exact) mass is 138 g/mol. The summed E-state index contributed by atoms with van der Waals surface area (Å²) >= 11 is 0. The Kier molecular flexibility index (Phi) is 4.39. The summed E-state index contributed by atoms with van der Waals surface area (Å²) in [4.78, 5) is 2.14. The van der Waals surface area contributed by atoms with Gasteiger partial charge in [0, 0.05) is 24.9 Å². The van der Waals surface area contributed by atoms with Gasteiger partial charge in [-0.25, -0.2) is 0 Å². The normalized spacial score (nSPS) is 10.8. The van der Waals surface area contributed by atoms with Crippen LogP contribution in [0.4, 0.5) is 0 Å². The smallest absolute Gasteiger partial charge is 0.0930 e. The van der Waals surface area contributed by atoms with Crippen molar-refractivity contribution in [2.75, 3.05) is 13.1 Å². The zero-order valence-electron chi connectivity index (χ0n) is 6.89.